The second-order valence-corrected chi connectivity index (χ2v) is 15.7. The Morgan fingerprint density at radius 3 is 2.72 bits per heavy atom. The highest BCUT2D eigenvalue weighted by molar-refractivity contribution is 9.09. The number of hydrogen-bond acceptors (Lipinski definition) is 3. The molecule has 6 rings (SSSR count). The second kappa shape index (κ2) is 10.2. The normalized spacial score (nSPS) is 45.4. The van der Waals surface area contributed by atoms with Gasteiger partial charge in [0, 0.05) is 21.9 Å². The van der Waals surface area contributed by atoms with Crippen molar-refractivity contribution in [1.29, 1.82) is 0 Å². The number of rotatable bonds is 1. The maximum Gasteiger partial charge on any atom is 0.457 e. The Hall–Kier alpha value is -0.680. The number of allylic oxidation sites excluding steroid dienone is 5. The van der Waals surface area contributed by atoms with Gasteiger partial charge in [0.2, 0.25) is 0 Å². The van der Waals surface area contributed by atoms with E-state index in [1.807, 2.05) is 18.7 Å². The van der Waals surface area contributed by atoms with Crippen LogP contribution < -0.4 is 0 Å². The smallest absolute Gasteiger partial charge is 0.377 e. The number of aliphatic hydroxyl groups is 1. The van der Waals surface area contributed by atoms with Gasteiger partial charge in [-0.3, -0.25) is 0 Å². The van der Waals surface area contributed by atoms with Crippen molar-refractivity contribution in [3.8, 4) is 11.8 Å². The Kier molecular flexibility index (Phi) is 7.47. The van der Waals surface area contributed by atoms with Gasteiger partial charge in [-0.25, -0.2) is 0 Å². The van der Waals surface area contributed by atoms with Crippen molar-refractivity contribution < 1.29 is 23.0 Å². The summed E-state index contributed by atoms with van der Waals surface area (Å²) in [7, 11) is 0. The highest BCUT2D eigenvalue weighted by Gasteiger charge is 2.63. The first-order chi connectivity index (χ1) is 18.4. The summed E-state index contributed by atoms with van der Waals surface area (Å²) in [6, 6.07) is 0. The maximum atomic E-state index is 13.2. The molecule has 0 aromatic rings. The summed E-state index contributed by atoms with van der Waals surface area (Å²) in [5, 5.41) is 11.8. The van der Waals surface area contributed by atoms with E-state index in [4.69, 9.17) is 4.74 Å². The minimum absolute atomic E-state index is 0.0235. The first kappa shape index (κ1) is 28.4. The van der Waals surface area contributed by atoms with Gasteiger partial charge in [0.1, 0.15) is 10.5 Å². The van der Waals surface area contributed by atoms with Crippen LogP contribution in [0.25, 0.3) is 0 Å². The standard InChI is InChI=1S/C32H40BrF3O2S/c1-20-4-3-5-21(17-27(20)33)16-23-18-29(2)26(9-10-30(29,37)12-13-32(34,35)36)25-7-6-22-19-31(38-14-15-39-31)11-8-24(22)28(23)25/h16,22-23,25-27,37H,1,3-11,14-15,17-19H2,2H3/b21-16+/t22?,23-,25?,26?,27?,29-,30+,31?/m0/s1. The lowest BCUT2D eigenvalue weighted by Crippen LogP contribution is -2.52. The van der Waals surface area contributed by atoms with Gasteiger partial charge >= 0.3 is 6.18 Å². The van der Waals surface area contributed by atoms with Crippen LogP contribution >= 0.6 is 27.7 Å². The molecule has 5 aliphatic carbocycles. The van der Waals surface area contributed by atoms with E-state index in [9.17, 15) is 18.3 Å². The number of alkyl halides is 4. The van der Waals surface area contributed by atoms with Crippen molar-refractivity contribution in [3.63, 3.8) is 0 Å². The zero-order valence-electron chi connectivity index (χ0n) is 22.8. The molecule has 1 saturated heterocycles. The summed E-state index contributed by atoms with van der Waals surface area (Å²) in [6.45, 7) is 7.15. The molecular formula is C32H40BrF3O2S. The van der Waals surface area contributed by atoms with Gasteiger partial charge in [-0.05, 0) is 101 Å². The van der Waals surface area contributed by atoms with E-state index in [-0.39, 0.29) is 21.6 Å². The van der Waals surface area contributed by atoms with Gasteiger partial charge in [-0.1, -0.05) is 63.7 Å². The zero-order valence-corrected chi connectivity index (χ0v) is 25.2. The highest BCUT2D eigenvalue weighted by Crippen LogP contribution is 2.66. The average molecular weight is 626 g/mol. The summed E-state index contributed by atoms with van der Waals surface area (Å²) >= 11 is 5.84. The molecule has 4 saturated carbocycles. The maximum absolute atomic E-state index is 13.2. The molecule has 5 unspecified atom stereocenters. The van der Waals surface area contributed by atoms with Crippen LogP contribution in [0, 0.1) is 40.9 Å². The third-order valence-electron chi connectivity index (χ3n) is 11.1. The predicted molar refractivity (Wildman–Crippen MR) is 154 cm³/mol. The largest absolute Gasteiger partial charge is 0.457 e. The van der Waals surface area contributed by atoms with E-state index < -0.39 is 17.2 Å². The number of halogens is 4. The molecule has 39 heavy (non-hydrogen) atoms. The molecule has 0 aromatic carbocycles. The molecule has 0 radical (unpaired) electrons. The van der Waals surface area contributed by atoms with Crippen LogP contribution in [-0.4, -0.2) is 39.0 Å². The Balaban J connectivity index is 1.41. The molecule has 0 bridgehead atoms. The molecule has 1 aliphatic heterocycles. The molecule has 0 amide bonds. The van der Waals surface area contributed by atoms with Crippen LogP contribution in [0.15, 0.2) is 34.9 Å². The van der Waals surface area contributed by atoms with Crippen molar-refractivity contribution in [2.24, 2.45) is 29.1 Å². The van der Waals surface area contributed by atoms with E-state index in [0.29, 0.717) is 24.7 Å². The minimum Gasteiger partial charge on any atom is -0.377 e. The highest BCUT2D eigenvalue weighted by atomic mass is 79.9. The van der Waals surface area contributed by atoms with Gasteiger partial charge in [-0.2, -0.15) is 13.2 Å². The Bertz CT molecular complexity index is 1140. The first-order valence-electron chi connectivity index (χ1n) is 14.8. The van der Waals surface area contributed by atoms with Crippen LogP contribution in [0.5, 0.6) is 0 Å². The summed E-state index contributed by atoms with van der Waals surface area (Å²) in [6.07, 6.45) is 8.99. The van der Waals surface area contributed by atoms with Gasteiger partial charge in [0.05, 0.1) is 6.61 Å². The molecule has 1 N–H and O–H groups in total. The fourth-order valence-electron chi connectivity index (χ4n) is 9.20. The molecule has 6 aliphatic rings. The monoisotopic (exact) mass is 624 g/mol. The lowest BCUT2D eigenvalue weighted by Gasteiger charge is -2.55. The third-order valence-corrected chi connectivity index (χ3v) is 13.4. The third kappa shape index (κ3) is 5.12. The molecule has 0 aromatic heterocycles. The van der Waals surface area contributed by atoms with Crippen LogP contribution in [0.1, 0.15) is 84.0 Å². The summed E-state index contributed by atoms with van der Waals surface area (Å²) in [5.41, 5.74) is 3.56. The van der Waals surface area contributed by atoms with E-state index in [0.717, 1.165) is 76.6 Å². The lowest BCUT2D eigenvalue weighted by atomic mass is 9.51. The van der Waals surface area contributed by atoms with Crippen molar-refractivity contribution in [2.45, 2.75) is 106 Å². The van der Waals surface area contributed by atoms with Crippen molar-refractivity contribution in [2.75, 3.05) is 12.4 Å². The molecule has 2 nitrogen and oxygen atoms in total. The van der Waals surface area contributed by atoms with Crippen LogP contribution in [0.2, 0.25) is 0 Å². The van der Waals surface area contributed by atoms with Crippen molar-refractivity contribution in [1.82, 2.24) is 0 Å². The topological polar surface area (TPSA) is 29.5 Å². The zero-order chi connectivity index (χ0) is 27.6. The molecule has 7 heteroatoms. The Labute approximate surface area is 243 Å². The van der Waals surface area contributed by atoms with Crippen LogP contribution in [0.3, 0.4) is 0 Å². The van der Waals surface area contributed by atoms with Gasteiger partial charge < -0.3 is 9.84 Å². The van der Waals surface area contributed by atoms with Gasteiger partial charge in [-0.15, -0.1) is 11.8 Å². The fraction of sp³-hybridized carbons (Fsp3) is 0.750. The number of fused-ring (bicyclic) bond motifs is 4. The molecule has 214 valence electrons. The predicted octanol–water partition coefficient (Wildman–Crippen LogP) is 8.51. The first-order valence-corrected chi connectivity index (χ1v) is 16.7. The van der Waals surface area contributed by atoms with Crippen molar-refractivity contribution in [3.05, 3.63) is 34.9 Å². The second-order valence-electron chi connectivity index (χ2n) is 13.2. The number of ether oxygens (including phenoxy) is 1. The van der Waals surface area contributed by atoms with E-state index in [2.05, 4.69) is 34.5 Å². The van der Waals surface area contributed by atoms with E-state index in [1.165, 1.54) is 17.1 Å². The SMILES string of the molecule is C=C1CCC/C(=C\[C@H]2C[C@@]3(C)C(CC[C@@]3(O)C#CC(F)(F)F)C3CCC4CC5(CCC4=C32)OCCS5)CC1Br. The summed E-state index contributed by atoms with van der Waals surface area (Å²) in [4.78, 5) is 0.238. The summed E-state index contributed by atoms with van der Waals surface area (Å²) in [5.74, 6) is 6.06. The average Bonchev–Trinajstić information content (AvgIpc) is 3.38. The lowest BCUT2D eigenvalue weighted by molar-refractivity contribution is -0.0749. The van der Waals surface area contributed by atoms with Gasteiger partial charge in [0.15, 0.2) is 0 Å². The number of thioether (sulfide) groups is 1. The van der Waals surface area contributed by atoms with Crippen LogP contribution in [-0.2, 0) is 4.74 Å². The van der Waals surface area contributed by atoms with Crippen LogP contribution in [0.4, 0.5) is 13.2 Å². The van der Waals surface area contributed by atoms with E-state index in [1.54, 1.807) is 11.1 Å². The van der Waals surface area contributed by atoms with E-state index >= 15 is 0 Å². The van der Waals surface area contributed by atoms with Crippen molar-refractivity contribution >= 4 is 27.7 Å². The minimum atomic E-state index is -4.60. The fourth-order valence-corrected chi connectivity index (χ4v) is 11.1. The molecule has 8 atom stereocenters. The Morgan fingerprint density at radius 1 is 1.15 bits per heavy atom. The van der Waals surface area contributed by atoms with Gasteiger partial charge in [0.25, 0.3) is 0 Å². The summed E-state index contributed by atoms with van der Waals surface area (Å²) < 4.78 is 45.8. The number of hydrogen-bond donors (Lipinski definition) is 1. The Morgan fingerprint density at radius 2 is 1.97 bits per heavy atom. The molecular weight excluding hydrogens is 585 g/mol. The quantitative estimate of drug-likeness (QED) is 0.137. The molecule has 5 fully saturated rings. The molecule has 1 spiro atoms. The molecule has 1 heterocycles.